The third-order valence-corrected chi connectivity index (χ3v) is 3.79. The van der Waals surface area contributed by atoms with Gasteiger partial charge in [-0.2, -0.15) is 11.3 Å². The molecule has 3 N–H and O–H groups in total. The van der Waals surface area contributed by atoms with Gasteiger partial charge in [-0.3, -0.25) is 0 Å². The normalized spacial score (nSPS) is 12.9. The number of aliphatic hydroxyl groups excluding tert-OH is 1. The van der Waals surface area contributed by atoms with Gasteiger partial charge in [-0.05, 0) is 22.4 Å². The number of nitrogens with one attached hydrogen (secondary N) is 1. The fourth-order valence-electron chi connectivity index (χ4n) is 1.80. The van der Waals surface area contributed by atoms with Crippen LogP contribution in [0.1, 0.15) is 48.8 Å². The molecule has 0 bridgehead atoms. The molecule has 2 rings (SSSR count). The number of rotatable bonds is 5. The number of carboxylic acids is 1. The topological polar surface area (TPSA) is 95.3 Å². The summed E-state index contributed by atoms with van der Waals surface area (Å²) in [5.74, 6) is -1.03. The van der Waals surface area contributed by atoms with Crippen LogP contribution in [-0.4, -0.2) is 32.7 Å². The van der Waals surface area contributed by atoms with Crippen LogP contribution in [0.4, 0.5) is 5.82 Å². The lowest BCUT2D eigenvalue weighted by Crippen LogP contribution is -2.20. The molecule has 6 nitrogen and oxygen atoms in total. The van der Waals surface area contributed by atoms with Crippen LogP contribution in [0.3, 0.4) is 0 Å². The van der Waals surface area contributed by atoms with Crippen LogP contribution in [0.2, 0.25) is 0 Å². The molecule has 2 aromatic heterocycles. The highest BCUT2D eigenvalue weighted by molar-refractivity contribution is 7.07. The van der Waals surface area contributed by atoms with Crippen molar-refractivity contribution in [1.82, 2.24) is 9.97 Å². The molecule has 0 aromatic carbocycles. The van der Waals surface area contributed by atoms with Gasteiger partial charge >= 0.3 is 5.97 Å². The van der Waals surface area contributed by atoms with E-state index in [9.17, 15) is 9.90 Å². The van der Waals surface area contributed by atoms with Crippen molar-refractivity contribution < 1.29 is 15.0 Å². The van der Waals surface area contributed by atoms with E-state index in [0.29, 0.717) is 11.5 Å². The van der Waals surface area contributed by atoms with Crippen molar-refractivity contribution in [3.63, 3.8) is 0 Å². The van der Waals surface area contributed by atoms with Gasteiger partial charge in [0, 0.05) is 18.0 Å². The average Bonchev–Trinajstić information content (AvgIpc) is 2.97. The number of thiophene rings is 1. The molecule has 0 aliphatic carbocycles. The van der Waals surface area contributed by atoms with Gasteiger partial charge in [-0.25, -0.2) is 14.8 Å². The number of nitrogens with zero attached hydrogens (tertiary/aromatic N) is 2. The number of aliphatic hydroxyl groups is 1. The maximum atomic E-state index is 11.2. The Morgan fingerprint density at radius 3 is 2.68 bits per heavy atom. The molecule has 0 saturated heterocycles. The SMILES string of the molecule is CC(C)(C)c1cc(NCC(O)c2ccsc2)nc(C(=O)O)n1. The number of anilines is 1. The number of hydrogen-bond donors (Lipinski definition) is 3. The predicted octanol–water partition coefficient (Wildman–Crippen LogP) is 2.68. The molecule has 2 heterocycles. The third kappa shape index (κ3) is 4.02. The van der Waals surface area contributed by atoms with Crippen LogP contribution in [0.25, 0.3) is 0 Å². The van der Waals surface area contributed by atoms with Crippen molar-refractivity contribution in [2.24, 2.45) is 0 Å². The molecular weight excluding hydrogens is 302 g/mol. The quantitative estimate of drug-likeness (QED) is 0.783. The lowest BCUT2D eigenvalue weighted by atomic mass is 9.92. The molecule has 0 spiro atoms. The summed E-state index contributed by atoms with van der Waals surface area (Å²) in [6.07, 6.45) is -0.674. The van der Waals surface area contributed by atoms with E-state index in [0.717, 1.165) is 5.56 Å². The smallest absolute Gasteiger partial charge is 0.374 e. The maximum absolute atomic E-state index is 11.2. The Bertz CT molecular complexity index is 651. The summed E-state index contributed by atoms with van der Waals surface area (Å²) in [5.41, 5.74) is 1.16. The maximum Gasteiger partial charge on any atom is 0.374 e. The number of aromatic nitrogens is 2. The first-order valence-corrected chi connectivity index (χ1v) is 7.78. The van der Waals surface area contributed by atoms with Gasteiger partial charge in [0.2, 0.25) is 5.82 Å². The lowest BCUT2D eigenvalue weighted by Gasteiger charge is -2.19. The van der Waals surface area contributed by atoms with Crippen LogP contribution >= 0.6 is 11.3 Å². The number of hydrogen-bond acceptors (Lipinski definition) is 6. The zero-order valence-electron chi connectivity index (χ0n) is 12.7. The van der Waals surface area contributed by atoms with Crippen molar-refractivity contribution in [2.75, 3.05) is 11.9 Å². The monoisotopic (exact) mass is 321 g/mol. The van der Waals surface area contributed by atoms with Crippen molar-refractivity contribution >= 4 is 23.1 Å². The summed E-state index contributed by atoms with van der Waals surface area (Å²) < 4.78 is 0. The molecule has 7 heteroatoms. The summed E-state index contributed by atoms with van der Waals surface area (Å²) in [6.45, 7) is 6.09. The highest BCUT2D eigenvalue weighted by Gasteiger charge is 2.20. The Balaban J connectivity index is 2.19. The van der Waals surface area contributed by atoms with E-state index in [2.05, 4.69) is 15.3 Å². The van der Waals surface area contributed by atoms with E-state index in [-0.39, 0.29) is 17.8 Å². The Labute approximate surface area is 132 Å². The van der Waals surface area contributed by atoms with Crippen LogP contribution in [0.15, 0.2) is 22.9 Å². The molecule has 0 aliphatic rings. The van der Waals surface area contributed by atoms with Crippen LogP contribution in [-0.2, 0) is 5.41 Å². The Hall–Kier alpha value is -1.99. The summed E-state index contributed by atoms with van der Waals surface area (Å²) in [5, 5.41) is 25.9. The first kappa shape index (κ1) is 16.4. The molecular formula is C15H19N3O3S. The molecule has 2 aromatic rings. The minimum Gasteiger partial charge on any atom is -0.475 e. The minimum atomic E-state index is -1.17. The average molecular weight is 321 g/mol. The van der Waals surface area contributed by atoms with E-state index in [1.165, 1.54) is 11.3 Å². The zero-order valence-corrected chi connectivity index (χ0v) is 13.5. The van der Waals surface area contributed by atoms with Crippen LogP contribution in [0.5, 0.6) is 0 Å². The largest absolute Gasteiger partial charge is 0.475 e. The van der Waals surface area contributed by atoms with Crippen molar-refractivity contribution in [2.45, 2.75) is 32.3 Å². The molecule has 1 unspecified atom stereocenters. The molecule has 118 valence electrons. The summed E-state index contributed by atoms with van der Waals surface area (Å²) in [6, 6.07) is 3.56. The highest BCUT2D eigenvalue weighted by Crippen LogP contribution is 2.23. The minimum absolute atomic E-state index is 0.246. The van der Waals surface area contributed by atoms with Gasteiger partial charge in [-0.15, -0.1) is 0 Å². The lowest BCUT2D eigenvalue weighted by molar-refractivity contribution is 0.0683. The van der Waals surface area contributed by atoms with E-state index in [1.54, 1.807) is 6.07 Å². The molecule has 0 saturated carbocycles. The van der Waals surface area contributed by atoms with Crippen molar-refractivity contribution in [3.8, 4) is 0 Å². The van der Waals surface area contributed by atoms with Crippen molar-refractivity contribution in [3.05, 3.63) is 40.0 Å². The molecule has 0 fully saturated rings. The Kier molecular flexibility index (Phi) is 4.77. The highest BCUT2D eigenvalue weighted by atomic mass is 32.1. The fourth-order valence-corrected chi connectivity index (χ4v) is 2.51. The van der Waals surface area contributed by atoms with E-state index in [1.807, 2.05) is 37.6 Å². The second kappa shape index (κ2) is 6.41. The van der Waals surface area contributed by atoms with E-state index in [4.69, 9.17) is 5.11 Å². The molecule has 22 heavy (non-hydrogen) atoms. The number of aromatic carboxylic acids is 1. The van der Waals surface area contributed by atoms with Gasteiger partial charge < -0.3 is 15.5 Å². The van der Waals surface area contributed by atoms with Gasteiger partial charge in [0.05, 0.1) is 11.8 Å². The Morgan fingerprint density at radius 2 is 2.14 bits per heavy atom. The van der Waals surface area contributed by atoms with Crippen molar-refractivity contribution in [1.29, 1.82) is 0 Å². The molecule has 1 atom stereocenters. The van der Waals surface area contributed by atoms with Gasteiger partial charge in [0.25, 0.3) is 0 Å². The zero-order chi connectivity index (χ0) is 16.3. The molecule has 0 radical (unpaired) electrons. The first-order chi connectivity index (χ1) is 10.3. The standard InChI is InChI=1S/C15H19N3O3S/c1-15(2,3)11-6-12(18-13(17-11)14(20)21)16-7-10(19)9-4-5-22-8-9/h4-6,8,10,19H,7H2,1-3H3,(H,20,21)(H,16,17,18). The summed E-state index contributed by atoms with van der Waals surface area (Å²) in [4.78, 5) is 19.2. The van der Waals surface area contributed by atoms with E-state index < -0.39 is 12.1 Å². The summed E-state index contributed by atoms with van der Waals surface area (Å²) in [7, 11) is 0. The van der Waals surface area contributed by atoms with E-state index >= 15 is 0 Å². The van der Waals surface area contributed by atoms with Crippen LogP contribution < -0.4 is 5.32 Å². The third-order valence-electron chi connectivity index (χ3n) is 3.09. The summed E-state index contributed by atoms with van der Waals surface area (Å²) >= 11 is 1.51. The Morgan fingerprint density at radius 1 is 1.41 bits per heavy atom. The molecule has 0 amide bonds. The predicted molar refractivity (Wildman–Crippen MR) is 85.5 cm³/mol. The number of carbonyl (C=O) groups is 1. The van der Waals surface area contributed by atoms with Crippen LogP contribution in [0, 0.1) is 0 Å². The fraction of sp³-hybridized carbons (Fsp3) is 0.400. The van der Waals surface area contributed by atoms with Gasteiger partial charge in [-0.1, -0.05) is 20.8 Å². The first-order valence-electron chi connectivity index (χ1n) is 6.84. The number of carboxylic acid groups (broad SMARTS) is 1. The van der Waals surface area contributed by atoms with Gasteiger partial charge in [0.1, 0.15) is 5.82 Å². The molecule has 0 aliphatic heterocycles. The second-order valence-electron chi connectivity index (χ2n) is 5.97. The van der Waals surface area contributed by atoms with Gasteiger partial charge in [0.15, 0.2) is 0 Å². The second-order valence-corrected chi connectivity index (χ2v) is 6.75.